The topological polar surface area (TPSA) is 26.3 Å². The zero-order valence-electron chi connectivity index (χ0n) is 9.21. The van der Waals surface area contributed by atoms with E-state index in [-0.39, 0.29) is 5.92 Å². The minimum Gasteiger partial charge on any atom is -0.495 e. The molecular formula is C12H15BrO2. The van der Waals surface area contributed by atoms with Gasteiger partial charge in [0.2, 0.25) is 0 Å². The number of aldehydes is 1. The smallest absolute Gasteiger partial charge is 0.136 e. The summed E-state index contributed by atoms with van der Waals surface area (Å²) in [5, 5.41) is 0. The van der Waals surface area contributed by atoms with Crippen LogP contribution >= 0.6 is 15.9 Å². The molecule has 0 fully saturated rings. The molecule has 0 aliphatic carbocycles. The van der Waals surface area contributed by atoms with Crippen molar-refractivity contribution in [3.8, 4) is 5.75 Å². The number of methoxy groups -OCH3 is 1. The molecule has 0 aliphatic heterocycles. The van der Waals surface area contributed by atoms with Gasteiger partial charge in [-0.1, -0.05) is 19.1 Å². The second kappa shape index (κ2) is 5.31. The number of hydrogen-bond donors (Lipinski definition) is 0. The fourth-order valence-electron chi connectivity index (χ4n) is 1.54. The monoisotopic (exact) mass is 270 g/mol. The number of halogens is 1. The lowest BCUT2D eigenvalue weighted by Gasteiger charge is -2.16. The molecule has 0 saturated heterocycles. The van der Waals surface area contributed by atoms with E-state index in [0.717, 1.165) is 27.6 Å². The molecule has 0 radical (unpaired) electrons. The maximum absolute atomic E-state index is 10.5. The van der Waals surface area contributed by atoms with E-state index in [1.54, 1.807) is 7.11 Å². The highest BCUT2D eigenvalue weighted by Gasteiger charge is 2.14. The average molecular weight is 271 g/mol. The molecule has 1 aromatic carbocycles. The Kier molecular flexibility index (Phi) is 4.33. The van der Waals surface area contributed by atoms with Gasteiger partial charge < -0.3 is 9.53 Å². The molecule has 1 atom stereocenters. The van der Waals surface area contributed by atoms with E-state index in [9.17, 15) is 4.79 Å². The summed E-state index contributed by atoms with van der Waals surface area (Å²) < 4.78 is 6.33. The first kappa shape index (κ1) is 12.2. The molecule has 0 aromatic heterocycles. The molecular weight excluding hydrogens is 256 g/mol. The standard InChI is InChI=1S/C12H15BrO2/c1-8(6-7-14)10-5-4-9(2)11(13)12(10)15-3/h4-5,7-8H,6H2,1-3H3. The van der Waals surface area contributed by atoms with Crippen LogP contribution in [0.4, 0.5) is 0 Å². The van der Waals surface area contributed by atoms with Crippen LogP contribution in [-0.2, 0) is 4.79 Å². The van der Waals surface area contributed by atoms with Crippen molar-refractivity contribution in [3.63, 3.8) is 0 Å². The lowest BCUT2D eigenvalue weighted by Crippen LogP contribution is -2.00. The van der Waals surface area contributed by atoms with E-state index in [0.29, 0.717) is 6.42 Å². The molecule has 1 unspecified atom stereocenters. The Balaban J connectivity index is 3.17. The lowest BCUT2D eigenvalue weighted by atomic mass is 9.96. The predicted octanol–water partition coefficient (Wildman–Crippen LogP) is 3.46. The molecule has 2 nitrogen and oxygen atoms in total. The van der Waals surface area contributed by atoms with Gasteiger partial charge in [-0.2, -0.15) is 0 Å². The molecule has 82 valence electrons. The third-order valence-corrected chi connectivity index (χ3v) is 3.49. The van der Waals surface area contributed by atoms with Gasteiger partial charge in [0.1, 0.15) is 12.0 Å². The van der Waals surface area contributed by atoms with Gasteiger partial charge >= 0.3 is 0 Å². The highest BCUT2D eigenvalue weighted by atomic mass is 79.9. The molecule has 0 saturated carbocycles. The van der Waals surface area contributed by atoms with Gasteiger partial charge in [0.15, 0.2) is 0 Å². The minimum absolute atomic E-state index is 0.189. The predicted molar refractivity (Wildman–Crippen MR) is 64.5 cm³/mol. The molecule has 3 heteroatoms. The van der Waals surface area contributed by atoms with Crippen LogP contribution in [-0.4, -0.2) is 13.4 Å². The Bertz CT molecular complexity index is 361. The zero-order valence-corrected chi connectivity index (χ0v) is 10.8. The van der Waals surface area contributed by atoms with Crippen molar-refractivity contribution < 1.29 is 9.53 Å². The van der Waals surface area contributed by atoms with Crippen molar-refractivity contribution in [1.29, 1.82) is 0 Å². The van der Waals surface area contributed by atoms with Crippen molar-refractivity contribution in [2.24, 2.45) is 0 Å². The fourth-order valence-corrected chi connectivity index (χ4v) is 2.06. The summed E-state index contributed by atoms with van der Waals surface area (Å²) in [6.45, 7) is 4.04. The maximum atomic E-state index is 10.5. The van der Waals surface area contributed by atoms with Crippen molar-refractivity contribution in [2.45, 2.75) is 26.2 Å². The summed E-state index contributed by atoms with van der Waals surface area (Å²) in [4.78, 5) is 10.5. The van der Waals surface area contributed by atoms with Gasteiger partial charge in [-0.15, -0.1) is 0 Å². The Morgan fingerprint density at radius 2 is 2.20 bits per heavy atom. The first-order chi connectivity index (χ1) is 7.11. The average Bonchev–Trinajstić information content (AvgIpc) is 2.22. The number of benzene rings is 1. The summed E-state index contributed by atoms with van der Waals surface area (Å²) >= 11 is 3.50. The van der Waals surface area contributed by atoms with Crippen LogP contribution in [0.25, 0.3) is 0 Å². The second-order valence-corrected chi connectivity index (χ2v) is 4.42. The molecule has 1 aromatic rings. The summed E-state index contributed by atoms with van der Waals surface area (Å²) in [5.41, 5.74) is 2.20. The van der Waals surface area contributed by atoms with E-state index >= 15 is 0 Å². The number of hydrogen-bond acceptors (Lipinski definition) is 2. The van der Waals surface area contributed by atoms with Crippen LogP contribution < -0.4 is 4.74 Å². The Labute approximate surface area is 98.8 Å². The first-order valence-corrected chi connectivity index (χ1v) is 5.67. The molecule has 15 heavy (non-hydrogen) atoms. The fraction of sp³-hybridized carbons (Fsp3) is 0.417. The van der Waals surface area contributed by atoms with Crippen LogP contribution in [0.1, 0.15) is 30.4 Å². The molecule has 0 aliphatic rings. The number of carbonyl (C=O) groups excluding carboxylic acids is 1. The van der Waals surface area contributed by atoms with Gasteiger partial charge in [-0.25, -0.2) is 0 Å². The number of aryl methyl sites for hydroxylation is 1. The molecule has 0 N–H and O–H groups in total. The van der Waals surface area contributed by atoms with Crippen molar-refractivity contribution in [1.82, 2.24) is 0 Å². The Morgan fingerprint density at radius 1 is 1.53 bits per heavy atom. The summed E-state index contributed by atoms with van der Waals surface area (Å²) in [5.74, 6) is 1.03. The molecule has 0 bridgehead atoms. The Morgan fingerprint density at radius 3 is 2.73 bits per heavy atom. The number of rotatable bonds is 4. The van der Waals surface area contributed by atoms with E-state index in [1.165, 1.54) is 0 Å². The van der Waals surface area contributed by atoms with E-state index in [2.05, 4.69) is 15.9 Å². The maximum Gasteiger partial charge on any atom is 0.136 e. The zero-order chi connectivity index (χ0) is 11.4. The van der Waals surface area contributed by atoms with E-state index in [4.69, 9.17) is 4.74 Å². The molecule has 0 spiro atoms. The van der Waals surface area contributed by atoms with Crippen LogP contribution in [0.3, 0.4) is 0 Å². The van der Waals surface area contributed by atoms with E-state index in [1.807, 2.05) is 26.0 Å². The summed E-state index contributed by atoms with van der Waals surface area (Å²) in [6, 6.07) is 4.05. The molecule has 1 rings (SSSR count). The largest absolute Gasteiger partial charge is 0.495 e. The third-order valence-electron chi connectivity index (χ3n) is 2.51. The lowest BCUT2D eigenvalue weighted by molar-refractivity contribution is -0.108. The van der Waals surface area contributed by atoms with Gasteiger partial charge in [-0.05, 0) is 39.9 Å². The highest BCUT2D eigenvalue weighted by Crippen LogP contribution is 2.36. The van der Waals surface area contributed by atoms with Gasteiger partial charge in [0, 0.05) is 6.42 Å². The number of ether oxygens (including phenoxy) is 1. The molecule has 0 amide bonds. The minimum atomic E-state index is 0.189. The first-order valence-electron chi connectivity index (χ1n) is 4.88. The normalized spacial score (nSPS) is 12.3. The van der Waals surface area contributed by atoms with Crippen LogP contribution in [0.2, 0.25) is 0 Å². The van der Waals surface area contributed by atoms with Crippen LogP contribution in [0.15, 0.2) is 16.6 Å². The van der Waals surface area contributed by atoms with Crippen LogP contribution in [0, 0.1) is 6.92 Å². The van der Waals surface area contributed by atoms with Crippen molar-refractivity contribution in [3.05, 3.63) is 27.7 Å². The van der Waals surface area contributed by atoms with Crippen LogP contribution in [0.5, 0.6) is 5.75 Å². The van der Waals surface area contributed by atoms with Gasteiger partial charge in [0.25, 0.3) is 0 Å². The highest BCUT2D eigenvalue weighted by molar-refractivity contribution is 9.10. The summed E-state index contributed by atoms with van der Waals surface area (Å²) in [6.07, 6.45) is 1.46. The number of carbonyl (C=O) groups is 1. The second-order valence-electron chi connectivity index (χ2n) is 3.62. The Hall–Kier alpha value is -0.830. The SMILES string of the molecule is COc1c(C(C)CC=O)ccc(C)c1Br. The van der Waals surface area contributed by atoms with E-state index < -0.39 is 0 Å². The molecule has 0 heterocycles. The summed E-state index contributed by atoms with van der Waals surface area (Å²) in [7, 11) is 1.65. The third kappa shape index (κ3) is 2.59. The van der Waals surface area contributed by atoms with Gasteiger partial charge in [0.05, 0.1) is 11.6 Å². The van der Waals surface area contributed by atoms with Crippen molar-refractivity contribution >= 4 is 22.2 Å². The van der Waals surface area contributed by atoms with Gasteiger partial charge in [-0.3, -0.25) is 0 Å². The van der Waals surface area contributed by atoms with Crippen molar-refractivity contribution in [2.75, 3.05) is 7.11 Å². The quantitative estimate of drug-likeness (QED) is 0.784.